The van der Waals surface area contributed by atoms with E-state index in [0.29, 0.717) is 16.7 Å². The van der Waals surface area contributed by atoms with Crippen LogP contribution in [0.4, 0.5) is 0 Å². The molecule has 0 saturated carbocycles. The summed E-state index contributed by atoms with van der Waals surface area (Å²) in [6, 6.07) is 6.06. The molecule has 0 bridgehead atoms. The number of methoxy groups -OCH3 is 2. The minimum Gasteiger partial charge on any atom is -0.497 e. The van der Waals surface area contributed by atoms with Crippen molar-refractivity contribution in [2.24, 2.45) is 0 Å². The van der Waals surface area contributed by atoms with Gasteiger partial charge in [-0.25, -0.2) is 4.79 Å². The van der Waals surface area contributed by atoms with Crippen LogP contribution in [0.3, 0.4) is 0 Å². The number of hydrogen-bond donors (Lipinski definition) is 0. The van der Waals surface area contributed by atoms with Gasteiger partial charge in [0.2, 0.25) is 0 Å². The normalized spacial score (nSPS) is 11.8. The van der Waals surface area contributed by atoms with Crippen LogP contribution in [0.25, 0.3) is 11.0 Å². The molecule has 0 fully saturated rings. The fraction of sp³-hybridized carbons (Fsp3) is 0.353. The Kier molecular flexibility index (Phi) is 5.57. The lowest BCUT2D eigenvalue weighted by atomic mass is 9.93. The molecule has 1 atom stereocenters. The molecule has 7 heteroatoms. The molecular weight excluding hydrogens is 316 g/mol. The minimum atomic E-state index is -0.964. The van der Waals surface area contributed by atoms with Gasteiger partial charge in [-0.1, -0.05) is 0 Å². The Morgan fingerprint density at radius 1 is 1.21 bits per heavy atom. The van der Waals surface area contributed by atoms with Crippen molar-refractivity contribution in [2.45, 2.75) is 19.3 Å². The smallest absolute Gasteiger partial charge is 0.336 e. The van der Waals surface area contributed by atoms with Gasteiger partial charge in [0.05, 0.1) is 33.2 Å². The molecule has 2 rings (SSSR count). The summed E-state index contributed by atoms with van der Waals surface area (Å²) < 4.78 is 19.9. The Labute approximate surface area is 138 Å². The van der Waals surface area contributed by atoms with Gasteiger partial charge in [0, 0.05) is 17.5 Å². The highest BCUT2D eigenvalue weighted by Gasteiger charge is 2.28. The van der Waals surface area contributed by atoms with Gasteiger partial charge in [-0.05, 0) is 24.6 Å². The molecule has 2 aromatic rings. The van der Waals surface area contributed by atoms with Crippen molar-refractivity contribution in [1.29, 1.82) is 0 Å². The summed E-state index contributed by atoms with van der Waals surface area (Å²) in [6.07, 6.45) is -0.231. The van der Waals surface area contributed by atoms with E-state index in [1.165, 1.54) is 20.3 Å². The Morgan fingerprint density at radius 2 is 1.96 bits per heavy atom. The van der Waals surface area contributed by atoms with Gasteiger partial charge < -0.3 is 18.6 Å². The van der Waals surface area contributed by atoms with Crippen molar-refractivity contribution >= 4 is 22.9 Å². The zero-order valence-corrected chi connectivity index (χ0v) is 13.7. The molecule has 0 unspecified atom stereocenters. The number of ether oxygens (including phenoxy) is 3. The molecule has 0 saturated heterocycles. The third-order valence-electron chi connectivity index (χ3n) is 3.52. The van der Waals surface area contributed by atoms with Crippen LogP contribution in [0.1, 0.15) is 24.8 Å². The van der Waals surface area contributed by atoms with Crippen molar-refractivity contribution < 1.29 is 28.2 Å². The van der Waals surface area contributed by atoms with E-state index in [-0.39, 0.29) is 18.6 Å². The Morgan fingerprint density at radius 3 is 2.58 bits per heavy atom. The van der Waals surface area contributed by atoms with Crippen molar-refractivity contribution in [3.63, 3.8) is 0 Å². The van der Waals surface area contributed by atoms with E-state index in [2.05, 4.69) is 0 Å². The summed E-state index contributed by atoms with van der Waals surface area (Å²) in [4.78, 5) is 35.8. The molecule has 128 valence electrons. The molecule has 1 aromatic carbocycles. The summed E-state index contributed by atoms with van der Waals surface area (Å²) >= 11 is 0. The van der Waals surface area contributed by atoms with Crippen molar-refractivity contribution in [1.82, 2.24) is 0 Å². The summed E-state index contributed by atoms with van der Waals surface area (Å²) in [5.41, 5.74) is -0.0260. The van der Waals surface area contributed by atoms with Crippen LogP contribution in [-0.2, 0) is 19.1 Å². The molecule has 1 heterocycles. The lowest BCUT2D eigenvalue weighted by Gasteiger charge is -2.16. The molecule has 0 spiro atoms. The third-order valence-corrected chi connectivity index (χ3v) is 3.52. The van der Waals surface area contributed by atoms with E-state index >= 15 is 0 Å². The number of carbonyl (C=O) groups excluding carboxylic acids is 2. The maximum atomic E-state index is 12.1. The summed E-state index contributed by atoms with van der Waals surface area (Å²) in [6.45, 7) is 1.87. The molecule has 0 aliphatic heterocycles. The second kappa shape index (κ2) is 7.63. The number of rotatable bonds is 6. The maximum absolute atomic E-state index is 12.1. The van der Waals surface area contributed by atoms with Crippen molar-refractivity contribution in [3.8, 4) is 5.75 Å². The molecular formula is C17H18O7. The van der Waals surface area contributed by atoms with Crippen LogP contribution in [0.2, 0.25) is 0 Å². The highest BCUT2D eigenvalue weighted by Crippen LogP contribution is 2.30. The SMILES string of the molecule is CCOC(=O)C[C@@H](C(=O)OC)c1cc(=O)oc2cc(OC)ccc12. The first-order valence-corrected chi connectivity index (χ1v) is 7.35. The van der Waals surface area contributed by atoms with Gasteiger partial charge in [-0.15, -0.1) is 0 Å². The van der Waals surface area contributed by atoms with Crippen molar-refractivity contribution in [3.05, 3.63) is 40.2 Å². The zero-order valence-electron chi connectivity index (χ0n) is 13.7. The van der Waals surface area contributed by atoms with Gasteiger partial charge in [-0.3, -0.25) is 9.59 Å². The molecule has 24 heavy (non-hydrogen) atoms. The van der Waals surface area contributed by atoms with E-state index in [4.69, 9.17) is 18.6 Å². The fourth-order valence-electron chi connectivity index (χ4n) is 2.43. The van der Waals surface area contributed by atoms with Crippen LogP contribution < -0.4 is 10.4 Å². The Hall–Kier alpha value is -2.83. The van der Waals surface area contributed by atoms with Gasteiger partial charge in [-0.2, -0.15) is 0 Å². The van der Waals surface area contributed by atoms with Gasteiger partial charge >= 0.3 is 17.6 Å². The second-order valence-corrected chi connectivity index (χ2v) is 4.97. The summed E-state index contributed by atoms with van der Waals surface area (Å²) in [5, 5.41) is 0.523. The van der Waals surface area contributed by atoms with Crippen molar-refractivity contribution in [2.75, 3.05) is 20.8 Å². The zero-order chi connectivity index (χ0) is 17.7. The van der Waals surface area contributed by atoms with E-state index in [0.717, 1.165) is 0 Å². The fourth-order valence-corrected chi connectivity index (χ4v) is 2.43. The average Bonchev–Trinajstić information content (AvgIpc) is 2.57. The molecule has 0 aliphatic carbocycles. The predicted octanol–water partition coefficient (Wildman–Crippen LogP) is 2.01. The first kappa shape index (κ1) is 17.5. The highest BCUT2D eigenvalue weighted by molar-refractivity contribution is 5.91. The van der Waals surface area contributed by atoms with E-state index in [1.54, 1.807) is 25.1 Å². The molecule has 7 nitrogen and oxygen atoms in total. The maximum Gasteiger partial charge on any atom is 0.336 e. The molecule has 0 amide bonds. The monoisotopic (exact) mass is 334 g/mol. The van der Waals surface area contributed by atoms with E-state index < -0.39 is 23.5 Å². The Balaban J connectivity index is 2.58. The Bertz CT molecular complexity index is 806. The first-order chi connectivity index (χ1) is 11.5. The lowest BCUT2D eigenvalue weighted by Crippen LogP contribution is -2.21. The summed E-state index contributed by atoms with van der Waals surface area (Å²) in [7, 11) is 2.71. The van der Waals surface area contributed by atoms with Gasteiger partial charge in [0.1, 0.15) is 11.3 Å². The number of esters is 2. The van der Waals surface area contributed by atoms with Crippen LogP contribution in [0.5, 0.6) is 5.75 Å². The van der Waals surface area contributed by atoms with Gasteiger partial charge in [0.15, 0.2) is 0 Å². The minimum absolute atomic E-state index is 0.196. The van der Waals surface area contributed by atoms with Gasteiger partial charge in [0.25, 0.3) is 0 Å². The highest BCUT2D eigenvalue weighted by atomic mass is 16.5. The quantitative estimate of drug-likeness (QED) is 0.589. The lowest BCUT2D eigenvalue weighted by molar-refractivity contribution is -0.150. The van der Waals surface area contributed by atoms with E-state index in [1.807, 2.05) is 0 Å². The van der Waals surface area contributed by atoms with Crippen LogP contribution in [0.15, 0.2) is 33.5 Å². The van der Waals surface area contributed by atoms with Crippen LogP contribution >= 0.6 is 0 Å². The standard InChI is InChI=1S/C17H18O7/c1-4-23-15(18)9-13(17(20)22-3)12-8-16(19)24-14-7-10(21-2)5-6-11(12)14/h5-8,13H,4,9H2,1-3H3/t13-/m1/s1. The summed E-state index contributed by atoms with van der Waals surface area (Å²) in [5.74, 6) is -1.65. The van der Waals surface area contributed by atoms with E-state index in [9.17, 15) is 14.4 Å². The molecule has 0 N–H and O–H groups in total. The van der Waals surface area contributed by atoms with Crippen LogP contribution in [0, 0.1) is 0 Å². The average molecular weight is 334 g/mol. The molecule has 0 radical (unpaired) electrons. The van der Waals surface area contributed by atoms with Crippen LogP contribution in [-0.4, -0.2) is 32.8 Å². The number of fused-ring (bicyclic) bond motifs is 1. The topological polar surface area (TPSA) is 92.0 Å². The number of hydrogen-bond acceptors (Lipinski definition) is 7. The second-order valence-electron chi connectivity index (χ2n) is 4.97. The number of benzene rings is 1. The molecule has 1 aromatic heterocycles. The largest absolute Gasteiger partial charge is 0.497 e. The first-order valence-electron chi connectivity index (χ1n) is 7.35. The predicted molar refractivity (Wildman–Crippen MR) is 85.0 cm³/mol. The molecule has 0 aliphatic rings. The third kappa shape index (κ3) is 3.73. The number of carbonyl (C=O) groups is 2.